The van der Waals surface area contributed by atoms with E-state index in [2.05, 4.69) is 5.32 Å². The quantitative estimate of drug-likeness (QED) is 0.575. The van der Waals surface area contributed by atoms with Crippen LogP contribution in [-0.4, -0.2) is 53.1 Å². The highest BCUT2D eigenvalue weighted by Crippen LogP contribution is 1.92. The third-order valence-corrected chi connectivity index (χ3v) is 1.98. The van der Waals surface area contributed by atoms with Crippen molar-refractivity contribution in [3.8, 4) is 0 Å². The van der Waals surface area contributed by atoms with Crippen molar-refractivity contribution >= 4 is 5.91 Å². The molecule has 0 fully saturated rings. The number of hydrogen-bond donors (Lipinski definition) is 1. The van der Waals surface area contributed by atoms with E-state index in [0.29, 0.717) is 13.2 Å². The lowest BCUT2D eigenvalue weighted by Gasteiger charge is -2.05. The van der Waals surface area contributed by atoms with Gasteiger partial charge in [-0.15, -0.1) is 0 Å². The molecule has 0 aliphatic carbocycles. The number of rotatable bonds is 11. The topological polar surface area (TPSA) is 56.8 Å². The Morgan fingerprint density at radius 1 is 0.944 bits per heavy atom. The zero-order valence-corrected chi connectivity index (χ0v) is 12.3. The molecule has 0 aromatic carbocycles. The highest BCUT2D eigenvalue weighted by Gasteiger charge is 1.96. The normalized spacial score (nSPS) is 9.56. The standard InChI is InChI=1S/C11H23NO4.C2H6/c1-12-11(13)10-16-9-5-8-15-7-4-3-6-14-2;1-2/h3-10H2,1-2H3,(H,12,13);1-2H3. The molecule has 0 aliphatic heterocycles. The van der Waals surface area contributed by atoms with Gasteiger partial charge in [0, 0.05) is 40.6 Å². The third-order valence-electron chi connectivity index (χ3n) is 1.98. The van der Waals surface area contributed by atoms with Gasteiger partial charge in [-0.3, -0.25) is 4.79 Å². The Hall–Kier alpha value is -0.650. The van der Waals surface area contributed by atoms with Crippen molar-refractivity contribution in [2.75, 3.05) is 47.2 Å². The molecule has 0 heterocycles. The van der Waals surface area contributed by atoms with Crippen LogP contribution in [0.25, 0.3) is 0 Å². The minimum atomic E-state index is -0.0968. The summed E-state index contributed by atoms with van der Waals surface area (Å²) >= 11 is 0. The van der Waals surface area contributed by atoms with Crippen LogP contribution in [0.5, 0.6) is 0 Å². The van der Waals surface area contributed by atoms with Crippen molar-refractivity contribution in [1.82, 2.24) is 5.32 Å². The molecule has 1 N–H and O–H groups in total. The fourth-order valence-electron chi connectivity index (χ4n) is 1.05. The fourth-order valence-corrected chi connectivity index (χ4v) is 1.05. The number of carbonyl (C=O) groups is 1. The summed E-state index contributed by atoms with van der Waals surface area (Å²) in [6, 6.07) is 0. The van der Waals surface area contributed by atoms with E-state index in [1.165, 1.54) is 0 Å². The molecule has 0 bridgehead atoms. The molecule has 1 amide bonds. The Kier molecular flexibility index (Phi) is 20.5. The van der Waals surface area contributed by atoms with Crippen LogP contribution in [0, 0.1) is 0 Å². The second-order valence-electron chi connectivity index (χ2n) is 3.39. The molecule has 0 rings (SSSR count). The first-order valence-corrected chi connectivity index (χ1v) is 6.66. The molecule has 18 heavy (non-hydrogen) atoms. The largest absolute Gasteiger partial charge is 0.385 e. The third kappa shape index (κ3) is 17.7. The Morgan fingerprint density at radius 3 is 2.11 bits per heavy atom. The maximum absolute atomic E-state index is 10.8. The van der Waals surface area contributed by atoms with Gasteiger partial charge in [-0.1, -0.05) is 13.8 Å². The Balaban J connectivity index is 0. The van der Waals surface area contributed by atoms with Crippen LogP contribution in [0.3, 0.4) is 0 Å². The molecule has 0 saturated carbocycles. The molecule has 110 valence electrons. The van der Waals surface area contributed by atoms with E-state index in [0.717, 1.165) is 32.5 Å². The number of hydrogen-bond acceptors (Lipinski definition) is 4. The lowest BCUT2D eigenvalue weighted by Crippen LogP contribution is -2.23. The Labute approximate surface area is 111 Å². The van der Waals surface area contributed by atoms with Crippen molar-refractivity contribution in [2.45, 2.75) is 33.1 Å². The van der Waals surface area contributed by atoms with Gasteiger partial charge in [0.25, 0.3) is 0 Å². The van der Waals surface area contributed by atoms with Crippen molar-refractivity contribution in [1.29, 1.82) is 0 Å². The molecule has 0 aromatic rings. The summed E-state index contributed by atoms with van der Waals surface area (Å²) in [7, 11) is 3.29. The second-order valence-corrected chi connectivity index (χ2v) is 3.39. The zero-order chi connectivity index (χ0) is 14.1. The molecule has 0 unspecified atom stereocenters. The van der Waals surface area contributed by atoms with E-state index >= 15 is 0 Å². The second kappa shape index (κ2) is 18.7. The molecular formula is C13H29NO4. The van der Waals surface area contributed by atoms with Gasteiger partial charge < -0.3 is 19.5 Å². The maximum Gasteiger partial charge on any atom is 0.245 e. The predicted octanol–water partition coefficient (Wildman–Crippen LogP) is 1.61. The van der Waals surface area contributed by atoms with Gasteiger partial charge in [-0.25, -0.2) is 0 Å². The molecule has 5 nitrogen and oxygen atoms in total. The summed E-state index contributed by atoms with van der Waals surface area (Å²) < 4.78 is 15.4. The van der Waals surface area contributed by atoms with Gasteiger partial charge in [0.2, 0.25) is 5.91 Å². The SMILES string of the molecule is CC.CNC(=O)COCCCOCCCCOC. The van der Waals surface area contributed by atoms with Gasteiger partial charge in [0.1, 0.15) is 6.61 Å². The molecule has 0 atom stereocenters. The smallest absolute Gasteiger partial charge is 0.245 e. The van der Waals surface area contributed by atoms with Crippen LogP contribution >= 0.6 is 0 Å². The number of amides is 1. The number of nitrogens with one attached hydrogen (secondary N) is 1. The molecule has 0 saturated heterocycles. The van der Waals surface area contributed by atoms with Crippen LogP contribution in [0.1, 0.15) is 33.1 Å². The van der Waals surface area contributed by atoms with Crippen LogP contribution in [-0.2, 0) is 19.0 Å². The number of likely N-dealkylation sites (N-methyl/N-ethyl adjacent to an activating group) is 1. The van der Waals surface area contributed by atoms with Crippen LogP contribution in [0.2, 0.25) is 0 Å². The van der Waals surface area contributed by atoms with Gasteiger partial charge in [-0.05, 0) is 19.3 Å². The molecular weight excluding hydrogens is 234 g/mol. The van der Waals surface area contributed by atoms with Crippen LogP contribution in [0.15, 0.2) is 0 Å². The zero-order valence-electron chi connectivity index (χ0n) is 12.3. The number of ether oxygens (including phenoxy) is 3. The maximum atomic E-state index is 10.8. The number of methoxy groups -OCH3 is 1. The lowest BCUT2D eigenvalue weighted by atomic mass is 10.3. The van der Waals surface area contributed by atoms with Crippen molar-refractivity contribution < 1.29 is 19.0 Å². The number of carbonyl (C=O) groups excluding carboxylic acids is 1. The van der Waals surface area contributed by atoms with Crippen molar-refractivity contribution in [3.63, 3.8) is 0 Å². The summed E-state index contributed by atoms with van der Waals surface area (Å²) in [4.78, 5) is 10.8. The van der Waals surface area contributed by atoms with E-state index in [1.54, 1.807) is 14.2 Å². The van der Waals surface area contributed by atoms with E-state index in [4.69, 9.17) is 14.2 Å². The van der Waals surface area contributed by atoms with E-state index in [-0.39, 0.29) is 12.5 Å². The Bertz CT molecular complexity index is 165. The first-order chi connectivity index (χ1) is 8.81. The summed E-state index contributed by atoms with van der Waals surface area (Å²) in [5.74, 6) is -0.0968. The average Bonchev–Trinajstić information content (AvgIpc) is 2.42. The predicted molar refractivity (Wildman–Crippen MR) is 72.8 cm³/mol. The highest BCUT2D eigenvalue weighted by molar-refractivity contribution is 5.76. The fraction of sp³-hybridized carbons (Fsp3) is 0.923. The molecule has 0 aliphatic rings. The Morgan fingerprint density at radius 2 is 1.50 bits per heavy atom. The first-order valence-electron chi connectivity index (χ1n) is 6.66. The minimum absolute atomic E-state index is 0.0968. The molecule has 0 radical (unpaired) electrons. The van der Waals surface area contributed by atoms with E-state index in [1.807, 2.05) is 13.8 Å². The lowest BCUT2D eigenvalue weighted by molar-refractivity contribution is -0.125. The van der Waals surface area contributed by atoms with Gasteiger partial charge in [-0.2, -0.15) is 0 Å². The minimum Gasteiger partial charge on any atom is -0.385 e. The van der Waals surface area contributed by atoms with Crippen LogP contribution in [0.4, 0.5) is 0 Å². The highest BCUT2D eigenvalue weighted by atomic mass is 16.5. The van der Waals surface area contributed by atoms with Gasteiger partial charge in [0.05, 0.1) is 0 Å². The van der Waals surface area contributed by atoms with Gasteiger partial charge >= 0.3 is 0 Å². The van der Waals surface area contributed by atoms with E-state index in [9.17, 15) is 4.79 Å². The summed E-state index contributed by atoms with van der Waals surface area (Å²) in [6.45, 7) is 6.92. The summed E-state index contributed by atoms with van der Waals surface area (Å²) in [6.07, 6.45) is 2.87. The van der Waals surface area contributed by atoms with Crippen molar-refractivity contribution in [2.24, 2.45) is 0 Å². The van der Waals surface area contributed by atoms with E-state index < -0.39 is 0 Å². The van der Waals surface area contributed by atoms with Crippen molar-refractivity contribution in [3.05, 3.63) is 0 Å². The summed E-state index contributed by atoms with van der Waals surface area (Å²) in [5, 5.41) is 2.49. The van der Waals surface area contributed by atoms with Gasteiger partial charge in [0.15, 0.2) is 0 Å². The average molecular weight is 263 g/mol. The summed E-state index contributed by atoms with van der Waals surface area (Å²) in [5.41, 5.74) is 0. The van der Waals surface area contributed by atoms with Crippen LogP contribution < -0.4 is 5.32 Å². The monoisotopic (exact) mass is 263 g/mol. The molecule has 0 aromatic heterocycles. The molecule has 5 heteroatoms. The molecule has 0 spiro atoms. The number of unbranched alkanes of at least 4 members (excludes halogenated alkanes) is 1. The first kappa shape index (κ1) is 19.7.